The first-order chi connectivity index (χ1) is 11.8. The van der Waals surface area contributed by atoms with Gasteiger partial charge in [0.1, 0.15) is 5.02 Å². The minimum absolute atomic E-state index is 0.0251. The summed E-state index contributed by atoms with van der Waals surface area (Å²) in [7, 11) is 0. The lowest BCUT2D eigenvalue weighted by Gasteiger charge is -2.57. The number of nitro benzene ring substituents is 1. The highest BCUT2D eigenvalue weighted by Crippen LogP contribution is 2.42. The molecular formula is C18H24ClN3O4. The number of nitrogens with two attached hydrogens (primary N) is 1. The van der Waals surface area contributed by atoms with Crippen LogP contribution in [0.15, 0.2) is 18.2 Å². The van der Waals surface area contributed by atoms with Crippen molar-refractivity contribution in [2.75, 3.05) is 0 Å². The molecule has 0 saturated carbocycles. The average molecular weight is 382 g/mol. The number of carbonyl (C=O) groups is 2. The second-order valence-electron chi connectivity index (χ2n) is 7.94. The van der Waals surface area contributed by atoms with E-state index in [4.69, 9.17) is 17.3 Å². The molecule has 1 amide bonds. The predicted molar refractivity (Wildman–Crippen MR) is 99.2 cm³/mol. The summed E-state index contributed by atoms with van der Waals surface area (Å²) in [4.78, 5) is 37.5. The molecule has 2 atom stereocenters. The molecule has 8 heteroatoms. The zero-order valence-corrected chi connectivity index (χ0v) is 16.3. The van der Waals surface area contributed by atoms with Crippen LogP contribution >= 0.6 is 11.6 Å². The smallest absolute Gasteiger partial charge is 0.288 e. The molecule has 2 unspecified atom stereocenters. The SMILES string of the molecule is CC(=O)N1C(C)(C)CC(C(=O)c2ccc(Cl)c([N+](=O)[O-])c2)C(N)C1(C)C. The molecule has 7 nitrogen and oxygen atoms in total. The van der Waals surface area contributed by atoms with E-state index in [0.717, 1.165) is 0 Å². The van der Waals surface area contributed by atoms with Crippen molar-refractivity contribution in [3.05, 3.63) is 38.9 Å². The van der Waals surface area contributed by atoms with E-state index in [9.17, 15) is 19.7 Å². The first-order valence-corrected chi connectivity index (χ1v) is 8.73. The highest BCUT2D eigenvalue weighted by molar-refractivity contribution is 6.32. The van der Waals surface area contributed by atoms with Gasteiger partial charge in [-0.3, -0.25) is 19.7 Å². The lowest BCUT2D eigenvalue weighted by Crippen LogP contribution is -2.71. The molecule has 1 aromatic carbocycles. The summed E-state index contributed by atoms with van der Waals surface area (Å²) in [5.41, 5.74) is 4.96. The van der Waals surface area contributed by atoms with E-state index in [1.807, 2.05) is 27.7 Å². The van der Waals surface area contributed by atoms with Crippen LogP contribution in [0, 0.1) is 16.0 Å². The molecule has 1 aliphatic rings. The lowest BCUT2D eigenvalue weighted by atomic mass is 9.68. The molecule has 1 aliphatic heterocycles. The number of nitrogens with zero attached hydrogens (tertiary/aromatic N) is 2. The first kappa shape index (κ1) is 20.3. The average Bonchev–Trinajstić information content (AvgIpc) is 2.49. The minimum Gasteiger partial charge on any atom is -0.331 e. The first-order valence-electron chi connectivity index (χ1n) is 8.35. The number of rotatable bonds is 3. The van der Waals surface area contributed by atoms with E-state index in [2.05, 4.69) is 0 Å². The fourth-order valence-electron chi connectivity index (χ4n) is 4.29. The summed E-state index contributed by atoms with van der Waals surface area (Å²) < 4.78 is 0. The Hall–Kier alpha value is -1.99. The van der Waals surface area contributed by atoms with E-state index >= 15 is 0 Å². The summed E-state index contributed by atoms with van der Waals surface area (Å²) in [6.45, 7) is 8.95. The molecule has 1 heterocycles. The molecular weight excluding hydrogens is 358 g/mol. The maximum Gasteiger partial charge on any atom is 0.288 e. The van der Waals surface area contributed by atoms with Crippen LogP contribution in [0.4, 0.5) is 5.69 Å². The highest BCUT2D eigenvalue weighted by atomic mass is 35.5. The summed E-state index contributed by atoms with van der Waals surface area (Å²) in [5.74, 6) is -0.957. The van der Waals surface area contributed by atoms with Gasteiger partial charge in [0.05, 0.1) is 10.5 Å². The van der Waals surface area contributed by atoms with Gasteiger partial charge in [0.2, 0.25) is 5.91 Å². The van der Waals surface area contributed by atoms with E-state index in [-0.39, 0.29) is 28.0 Å². The fraction of sp³-hybridized carbons (Fsp3) is 0.556. The Morgan fingerprint density at radius 2 is 1.88 bits per heavy atom. The van der Waals surface area contributed by atoms with Gasteiger partial charge in [-0.1, -0.05) is 11.6 Å². The Morgan fingerprint density at radius 1 is 1.31 bits per heavy atom. The highest BCUT2D eigenvalue weighted by Gasteiger charge is 2.53. The molecule has 142 valence electrons. The third kappa shape index (κ3) is 3.33. The number of piperidine rings is 1. The second kappa shape index (κ2) is 6.63. The number of amides is 1. The second-order valence-corrected chi connectivity index (χ2v) is 8.35. The Labute approximate surface area is 157 Å². The lowest BCUT2D eigenvalue weighted by molar-refractivity contribution is -0.384. The summed E-state index contributed by atoms with van der Waals surface area (Å²) in [5, 5.41) is 11.1. The van der Waals surface area contributed by atoms with Crippen LogP contribution < -0.4 is 5.73 Å². The largest absolute Gasteiger partial charge is 0.331 e. The van der Waals surface area contributed by atoms with Crippen LogP contribution in [0.3, 0.4) is 0 Å². The van der Waals surface area contributed by atoms with Gasteiger partial charge in [0.15, 0.2) is 5.78 Å². The number of likely N-dealkylation sites (tertiary alicyclic amines) is 1. The summed E-state index contributed by atoms with van der Waals surface area (Å²) >= 11 is 5.83. The van der Waals surface area contributed by atoms with E-state index in [0.29, 0.717) is 6.42 Å². The van der Waals surface area contributed by atoms with Gasteiger partial charge in [-0.2, -0.15) is 0 Å². The normalized spacial score (nSPS) is 24.2. The van der Waals surface area contributed by atoms with E-state index < -0.39 is 28.0 Å². The third-order valence-corrected chi connectivity index (χ3v) is 5.55. The Morgan fingerprint density at radius 3 is 2.38 bits per heavy atom. The number of Topliss-reactive ketones (excluding diaryl/α,β-unsaturated/α-hetero) is 1. The van der Waals surface area contributed by atoms with E-state index in [1.165, 1.54) is 25.1 Å². The number of ketones is 1. The maximum absolute atomic E-state index is 13.1. The van der Waals surface area contributed by atoms with Gasteiger partial charge in [-0.25, -0.2) is 0 Å². The van der Waals surface area contributed by atoms with Crippen LogP contribution in [0.25, 0.3) is 0 Å². The zero-order valence-electron chi connectivity index (χ0n) is 15.6. The monoisotopic (exact) mass is 381 g/mol. The molecule has 1 saturated heterocycles. The Kier molecular flexibility index (Phi) is 5.18. The number of halogens is 1. The standard InChI is InChI=1S/C18H24ClN3O4/c1-10(23)21-17(2,3)9-12(16(20)18(21,4)5)15(24)11-6-7-13(19)14(8-11)22(25)26/h6-8,12,16H,9,20H2,1-5H3. The maximum atomic E-state index is 13.1. The van der Waals surface area contributed by atoms with Crippen molar-refractivity contribution < 1.29 is 14.5 Å². The molecule has 2 rings (SSSR count). The van der Waals surface area contributed by atoms with Crippen LogP contribution in [-0.2, 0) is 4.79 Å². The van der Waals surface area contributed by atoms with Crippen LogP contribution in [0.1, 0.15) is 51.4 Å². The van der Waals surface area contributed by atoms with Gasteiger partial charge >= 0.3 is 0 Å². The van der Waals surface area contributed by atoms with Crippen molar-refractivity contribution in [1.29, 1.82) is 0 Å². The van der Waals surface area contributed by atoms with Gasteiger partial charge in [0.25, 0.3) is 5.69 Å². The van der Waals surface area contributed by atoms with Crippen molar-refractivity contribution in [3.63, 3.8) is 0 Å². The predicted octanol–water partition coefficient (Wildman–Crippen LogP) is 3.18. The van der Waals surface area contributed by atoms with Crippen molar-refractivity contribution in [3.8, 4) is 0 Å². The van der Waals surface area contributed by atoms with Gasteiger partial charge in [0, 0.05) is 36.1 Å². The summed E-state index contributed by atoms with van der Waals surface area (Å²) in [6.07, 6.45) is 0.367. The molecule has 0 aliphatic carbocycles. The number of nitro groups is 1. The van der Waals surface area contributed by atoms with Crippen molar-refractivity contribution >= 4 is 29.0 Å². The third-order valence-electron chi connectivity index (χ3n) is 5.23. The Bertz CT molecular complexity index is 776. The molecule has 26 heavy (non-hydrogen) atoms. The Balaban J connectivity index is 2.46. The number of carbonyl (C=O) groups excluding carboxylic acids is 2. The fourth-order valence-corrected chi connectivity index (χ4v) is 4.47. The van der Waals surface area contributed by atoms with E-state index in [1.54, 1.807) is 4.90 Å². The molecule has 2 N–H and O–H groups in total. The molecule has 0 radical (unpaired) electrons. The number of hydrogen-bond acceptors (Lipinski definition) is 5. The minimum atomic E-state index is -0.744. The van der Waals surface area contributed by atoms with Gasteiger partial charge < -0.3 is 10.6 Å². The molecule has 1 fully saturated rings. The van der Waals surface area contributed by atoms with Crippen molar-refractivity contribution in [1.82, 2.24) is 4.90 Å². The topological polar surface area (TPSA) is 107 Å². The van der Waals surface area contributed by atoms with Gasteiger partial charge in [-0.15, -0.1) is 0 Å². The van der Waals surface area contributed by atoms with Crippen LogP contribution in [0.5, 0.6) is 0 Å². The number of hydrogen-bond donors (Lipinski definition) is 1. The quantitative estimate of drug-likeness (QED) is 0.491. The van der Waals surface area contributed by atoms with Crippen molar-refractivity contribution in [2.24, 2.45) is 11.7 Å². The molecule has 1 aromatic rings. The van der Waals surface area contributed by atoms with Gasteiger partial charge in [-0.05, 0) is 46.2 Å². The zero-order chi connectivity index (χ0) is 20.0. The van der Waals surface area contributed by atoms with Crippen LogP contribution in [0.2, 0.25) is 5.02 Å². The van der Waals surface area contributed by atoms with Crippen molar-refractivity contribution in [2.45, 2.75) is 58.2 Å². The summed E-state index contributed by atoms with van der Waals surface area (Å²) in [6, 6.07) is 3.40. The molecule has 0 aromatic heterocycles. The number of benzene rings is 1. The van der Waals surface area contributed by atoms with Crippen LogP contribution in [-0.4, -0.2) is 38.6 Å². The molecule has 0 spiro atoms. The molecule has 0 bridgehead atoms.